The molecule has 0 spiro atoms. The number of allylic oxidation sites excluding steroid dienone is 2. The highest BCUT2D eigenvalue weighted by atomic mass is 16.3. The molecule has 18 heavy (non-hydrogen) atoms. The standard InChI is InChI=1S/C15H17NO2/c1-9-4-5-12(8-10(9)2)16-13-6-7-14(18)15(13)11(3)17/h4-5,8,18H,6-7H2,1-3H3. The summed E-state index contributed by atoms with van der Waals surface area (Å²) in [5, 5.41) is 9.68. The van der Waals surface area contributed by atoms with Crippen molar-refractivity contribution in [1.82, 2.24) is 0 Å². The normalized spacial score (nSPS) is 17.6. The molecule has 1 aliphatic rings. The Morgan fingerprint density at radius 2 is 1.94 bits per heavy atom. The van der Waals surface area contributed by atoms with Crippen molar-refractivity contribution in [3.05, 3.63) is 40.7 Å². The molecule has 0 radical (unpaired) electrons. The van der Waals surface area contributed by atoms with E-state index >= 15 is 0 Å². The Morgan fingerprint density at radius 1 is 1.22 bits per heavy atom. The van der Waals surface area contributed by atoms with E-state index in [1.807, 2.05) is 25.1 Å². The van der Waals surface area contributed by atoms with Crippen molar-refractivity contribution >= 4 is 17.2 Å². The average Bonchev–Trinajstić information content (AvgIpc) is 2.65. The number of carbonyl (C=O) groups excluding carboxylic acids is 1. The number of rotatable bonds is 2. The highest BCUT2D eigenvalue weighted by Gasteiger charge is 2.24. The zero-order valence-corrected chi connectivity index (χ0v) is 10.9. The second-order valence-electron chi connectivity index (χ2n) is 4.70. The van der Waals surface area contributed by atoms with Crippen LogP contribution in [0.2, 0.25) is 0 Å². The minimum absolute atomic E-state index is 0.118. The van der Waals surface area contributed by atoms with Gasteiger partial charge in [0.2, 0.25) is 0 Å². The summed E-state index contributed by atoms with van der Waals surface area (Å²) in [4.78, 5) is 16.0. The fourth-order valence-electron chi connectivity index (χ4n) is 2.12. The molecule has 1 aromatic carbocycles. The van der Waals surface area contributed by atoms with Gasteiger partial charge < -0.3 is 5.11 Å². The van der Waals surface area contributed by atoms with Gasteiger partial charge in [0.25, 0.3) is 0 Å². The lowest BCUT2D eigenvalue weighted by Gasteiger charge is -2.04. The summed E-state index contributed by atoms with van der Waals surface area (Å²) in [6.45, 7) is 5.55. The van der Waals surface area contributed by atoms with Crippen LogP contribution in [0.25, 0.3) is 0 Å². The maximum Gasteiger partial charge on any atom is 0.165 e. The molecule has 0 bridgehead atoms. The van der Waals surface area contributed by atoms with Gasteiger partial charge >= 0.3 is 0 Å². The van der Waals surface area contributed by atoms with Crippen LogP contribution in [-0.2, 0) is 4.79 Å². The van der Waals surface area contributed by atoms with E-state index in [4.69, 9.17) is 0 Å². The van der Waals surface area contributed by atoms with Gasteiger partial charge in [-0.2, -0.15) is 0 Å². The number of benzene rings is 1. The number of hydrogen-bond donors (Lipinski definition) is 1. The highest BCUT2D eigenvalue weighted by Crippen LogP contribution is 2.26. The molecule has 0 atom stereocenters. The Labute approximate surface area is 107 Å². The zero-order valence-electron chi connectivity index (χ0n) is 10.9. The Balaban J connectivity index is 2.39. The lowest BCUT2D eigenvalue weighted by molar-refractivity contribution is -0.113. The van der Waals surface area contributed by atoms with E-state index in [1.165, 1.54) is 18.1 Å². The molecule has 0 heterocycles. The molecule has 0 saturated carbocycles. The van der Waals surface area contributed by atoms with Crippen molar-refractivity contribution in [3.8, 4) is 0 Å². The quantitative estimate of drug-likeness (QED) is 0.863. The lowest BCUT2D eigenvalue weighted by Crippen LogP contribution is -2.06. The predicted octanol–water partition coefficient (Wildman–Crippen LogP) is 3.57. The minimum Gasteiger partial charge on any atom is -0.511 e. The van der Waals surface area contributed by atoms with Crippen molar-refractivity contribution in [2.45, 2.75) is 33.6 Å². The highest BCUT2D eigenvalue weighted by molar-refractivity contribution is 6.23. The fraction of sp³-hybridized carbons (Fsp3) is 0.333. The van der Waals surface area contributed by atoms with E-state index in [2.05, 4.69) is 11.9 Å². The van der Waals surface area contributed by atoms with Crippen LogP contribution in [0.4, 0.5) is 5.69 Å². The Hall–Kier alpha value is -1.90. The van der Waals surface area contributed by atoms with E-state index < -0.39 is 0 Å². The summed E-state index contributed by atoms with van der Waals surface area (Å²) in [6, 6.07) is 5.94. The average molecular weight is 243 g/mol. The molecule has 0 aliphatic heterocycles. The summed E-state index contributed by atoms with van der Waals surface area (Å²) < 4.78 is 0. The first-order valence-corrected chi connectivity index (χ1v) is 6.07. The molecule has 0 unspecified atom stereocenters. The van der Waals surface area contributed by atoms with Crippen molar-refractivity contribution < 1.29 is 9.90 Å². The van der Waals surface area contributed by atoms with Crippen LogP contribution in [0.15, 0.2) is 34.5 Å². The smallest absolute Gasteiger partial charge is 0.165 e. The summed E-state index contributed by atoms with van der Waals surface area (Å²) in [5.41, 5.74) is 4.32. The first-order chi connectivity index (χ1) is 8.49. The Kier molecular flexibility index (Phi) is 3.32. The second kappa shape index (κ2) is 4.77. The minimum atomic E-state index is -0.118. The molecule has 1 aromatic rings. The molecule has 94 valence electrons. The first-order valence-electron chi connectivity index (χ1n) is 6.07. The topological polar surface area (TPSA) is 49.7 Å². The van der Waals surface area contributed by atoms with Crippen molar-refractivity contribution in [2.24, 2.45) is 4.99 Å². The van der Waals surface area contributed by atoms with Gasteiger partial charge in [0.1, 0.15) is 5.76 Å². The van der Waals surface area contributed by atoms with Crippen LogP contribution in [0.1, 0.15) is 30.9 Å². The van der Waals surface area contributed by atoms with E-state index in [-0.39, 0.29) is 11.5 Å². The van der Waals surface area contributed by atoms with Gasteiger partial charge in [-0.1, -0.05) is 6.07 Å². The third-order valence-corrected chi connectivity index (χ3v) is 3.28. The number of aliphatic imine (C=N–C) groups is 1. The number of ketones is 1. The molecule has 0 fully saturated rings. The van der Waals surface area contributed by atoms with Crippen LogP contribution in [-0.4, -0.2) is 16.6 Å². The van der Waals surface area contributed by atoms with Crippen LogP contribution in [0.5, 0.6) is 0 Å². The second-order valence-corrected chi connectivity index (χ2v) is 4.70. The SMILES string of the molecule is CC(=O)C1=C(O)CCC1=Nc1ccc(C)c(C)c1. The summed E-state index contributed by atoms with van der Waals surface area (Å²) in [5.74, 6) is 0.0534. The van der Waals surface area contributed by atoms with Crippen LogP contribution in [0, 0.1) is 13.8 Å². The molecule has 2 rings (SSSR count). The molecule has 3 nitrogen and oxygen atoms in total. The van der Waals surface area contributed by atoms with E-state index in [0.29, 0.717) is 24.1 Å². The zero-order chi connectivity index (χ0) is 13.3. The molecule has 0 saturated heterocycles. The fourth-order valence-corrected chi connectivity index (χ4v) is 2.12. The van der Waals surface area contributed by atoms with Gasteiger partial charge in [0.05, 0.1) is 17.0 Å². The van der Waals surface area contributed by atoms with Gasteiger partial charge in [-0.3, -0.25) is 9.79 Å². The molecular weight excluding hydrogens is 226 g/mol. The van der Waals surface area contributed by atoms with Gasteiger partial charge in [0.15, 0.2) is 5.78 Å². The number of aliphatic hydroxyl groups is 1. The number of aliphatic hydroxyl groups excluding tert-OH is 1. The number of nitrogens with zero attached hydrogens (tertiary/aromatic N) is 1. The maximum atomic E-state index is 11.5. The van der Waals surface area contributed by atoms with Crippen LogP contribution < -0.4 is 0 Å². The van der Waals surface area contributed by atoms with Crippen LogP contribution >= 0.6 is 0 Å². The maximum absolute atomic E-state index is 11.5. The number of carbonyl (C=O) groups is 1. The molecule has 0 aromatic heterocycles. The number of aryl methyl sites for hydroxylation is 2. The molecule has 1 aliphatic carbocycles. The third-order valence-electron chi connectivity index (χ3n) is 3.28. The number of Topliss-reactive ketones (excluding diaryl/α,β-unsaturated/α-hetero) is 1. The molecule has 3 heteroatoms. The Bertz CT molecular complexity index is 568. The first kappa shape index (κ1) is 12.6. The largest absolute Gasteiger partial charge is 0.511 e. The molecule has 0 amide bonds. The third kappa shape index (κ3) is 2.35. The summed E-state index contributed by atoms with van der Waals surface area (Å²) in [7, 11) is 0. The predicted molar refractivity (Wildman–Crippen MR) is 72.6 cm³/mol. The lowest BCUT2D eigenvalue weighted by atomic mass is 10.1. The number of hydrogen-bond acceptors (Lipinski definition) is 3. The van der Waals surface area contributed by atoms with Crippen molar-refractivity contribution in [1.29, 1.82) is 0 Å². The molecule has 1 N–H and O–H groups in total. The van der Waals surface area contributed by atoms with Gasteiger partial charge in [-0.15, -0.1) is 0 Å². The van der Waals surface area contributed by atoms with Gasteiger partial charge in [-0.05, 0) is 50.5 Å². The van der Waals surface area contributed by atoms with Crippen molar-refractivity contribution in [3.63, 3.8) is 0 Å². The van der Waals surface area contributed by atoms with E-state index in [0.717, 1.165) is 5.69 Å². The monoisotopic (exact) mass is 243 g/mol. The van der Waals surface area contributed by atoms with E-state index in [9.17, 15) is 9.90 Å². The Morgan fingerprint density at radius 3 is 2.56 bits per heavy atom. The van der Waals surface area contributed by atoms with E-state index in [1.54, 1.807) is 0 Å². The van der Waals surface area contributed by atoms with Gasteiger partial charge in [-0.25, -0.2) is 0 Å². The van der Waals surface area contributed by atoms with Crippen molar-refractivity contribution in [2.75, 3.05) is 0 Å². The van der Waals surface area contributed by atoms with Crippen LogP contribution in [0.3, 0.4) is 0 Å². The summed E-state index contributed by atoms with van der Waals surface area (Å²) >= 11 is 0. The van der Waals surface area contributed by atoms with Gasteiger partial charge in [0, 0.05) is 6.42 Å². The summed E-state index contributed by atoms with van der Waals surface area (Å²) in [6.07, 6.45) is 1.15. The molecular formula is C15H17NO2.